The van der Waals surface area contributed by atoms with Gasteiger partial charge >= 0.3 is 0 Å². The Morgan fingerprint density at radius 1 is 1.36 bits per heavy atom. The summed E-state index contributed by atoms with van der Waals surface area (Å²) in [5.41, 5.74) is 3.53. The Labute approximate surface area is 86.1 Å². The highest BCUT2D eigenvalue weighted by molar-refractivity contribution is 5.56. The lowest BCUT2D eigenvalue weighted by Gasteiger charge is -2.09. The molecule has 0 unspecified atom stereocenters. The van der Waals surface area contributed by atoms with Crippen LogP contribution in [0.5, 0.6) is 0 Å². The minimum absolute atomic E-state index is 0.145. The highest BCUT2D eigenvalue weighted by atomic mass is 16.3. The molecule has 0 spiro atoms. The third kappa shape index (κ3) is 2.71. The van der Waals surface area contributed by atoms with Crippen molar-refractivity contribution in [3.8, 4) is 0 Å². The van der Waals surface area contributed by atoms with Crippen LogP contribution in [0.15, 0.2) is 29.8 Å². The van der Waals surface area contributed by atoms with Crippen molar-refractivity contribution in [2.75, 3.05) is 6.61 Å². The van der Waals surface area contributed by atoms with Crippen LogP contribution in [0.25, 0.3) is 6.08 Å². The van der Waals surface area contributed by atoms with Crippen molar-refractivity contribution in [2.45, 2.75) is 20.8 Å². The van der Waals surface area contributed by atoms with Gasteiger partial charge in [0.25, 0.3) is 0 Å². The average Bonchev–Trinajstić information content (AvgIpc) is 2.16. The summed E-state index contributed by atoms with van der Waals surface area (Å²) in [6.07, 6.45) is 2.08. The minimum Gasteiger partial charge on any atom is -0.392 e. The van der Waals surface area contributed by atoms with Crippen molar-refractivity contribution in [3.05, 3.63) is 41.0 Å². The van der Waals surface area contributed by atoms with Crippen LogP contribution in [-0.4, -0.2) is 11.7 Å². The second-order valence-corrected chi connectivity index (χ2v) is 3.89. The number of aryl methyl sites for hydroxylation is 1. The molecule has 14 heavy (non-hydrogen) atoms. The first-order valence-electron chi connectivity index (χ1n) is 5.02. The van der Waals surface area contributed by atoms with E-state index in [0.29, 0.717) is 5.92 Å². The Bertz CT molecular complexity index is 324. The predicted octanol–water partition coefficient (Wildman–Crippen LogP) is 3.03. The molecule has 0 radical (unpaired) electrons. The molecule has 0 heterocycles. The molecule has 0 aromatic heterocycles. The third-order valence-electron chi connectivity index (χ3n) is 2.45. The van der Waals surface area contributed by atoms with E-state index < -0.39 is 0 Å². The molecule has 0 saturated heterocycles. The zero-order valence-corrected chi connectivity index (χ0v) is 9.12. The van der Waals surface area contributed by atoms with E-state index in [1.54, 1.807) is 0 Å². The van der Waals surface area contributed by atoms with Crippen LogP contribution < -0.4 is 0 Å². The van der Waals surface area contributed by atoms with Gasteiger partial charge in [0.15, 0.2) is 0 Å². The molecule has 1 aromatic carbocycles. The number of aliphatic hydroxyl groups excluding tert-OH is 1. The van der Waals surface area contributed by atoms with Crippen molar-refractivity contribution < 1.29 is 5.11 Å². The summed E-state index contributed by atoms with van der Waals surface area (Å²) >= 11 is 0. The van der Waals surface area contributed by atoms with Gasteiger partial charge < -0.3 is 5.11 Å². The Balaban J connectivity index is 3.00. The fraction of sp³-hybridized carbons (Fsp3) is 0.385. The molecule has 0 aliphatic heterocycles. The molecule has 0 amide bonds. The van der Waals surface area contributed by atoms with Crippen LogP contribution in [0.4, 0.5) is 0 Å². The first-order chi connectivity index (χ1) is 6.65. The Kier molecular flexibility index (Phi) is 3.90. The molecule has 0 saturated carbocycles. The van der Waals surface area contributed by atoms with Gasteiger partial charge in [-0.2, -0.15) is 0 Å². The maximum atomic E-state index is 9.18. The van der Waals surface area contributed by atoms with Gasteiger partial charge in [-0.05, 0) is 29.5 Å². The van der Waals surface area contributed by atoms with E-state index in [0.717, 1.165) is 5.57 Å². The minimum atomic E-state index is 0.145. The highest BCUT2D eigenvalue weighted by Gasteiger charge is 2.02. The number of hydrogen-bond donors (Lipinski definition) is 1. The van der Waals surface area contributed by atoms with Gasteiger partial charge in [0.2, 0.25) is 0 Å². The summed E-state index contributed by atoms with van der Waals surface area (Å²) < 4.78 is 0. The molecule has 1 rings (SSSR count). The zero-order chi connectivity index (χ0) is 10.6. The summed E-state index contributed by atoms with van der Waals surface area (Å²) in [5.74, 6) is 0.402. The van der Waals surface area contributed by atoms with Gasteiger partial charge in [-0.25, -0.2) is 0 Å². The largest absolute Gasteiger partial charge is 0.392 e. The van der Waals surface area contributed by atoms with Gasteiger partial charge in [0.05, 0.1) is 6.61 Å². The van der Waals surface area contributed by atoms with Crippen LogP contribution in [-0.2, 0) is 0 Å². The van der Waals surface area contributed by atoms with Gasteiger partial charge in [0, 0.05) is 0 Å². The normalized spacial score (nSPS) is 12.2. The fourth-order valence-corrected chi connectivity index (χ4v) is 1.34. The van der Waals surface area contributed by atoms with E-state index in [9.17, 15) is 5.11 Å². The molecule has 0 aliphatic carbocycles. The molecule has 0 aliphatic rings. The van der Waals surface area contributed by atoms with E-state index in [-0.39, 0.29) is 6.61 Å². The van der Waals surface area contributed by atoms with Crippen LogP contribution in [0.1, 0.15) is 25.0 Å². The first kappa shape index (κ1) is 11.0. The molecule has 1 heteroatoms. The summed E-state index contributed by atoms with van der Waals surface area (Å²) in [4.78, 5) is 0. The van der Waals surface area contributed by atoms with E-state index in [1.807, 2.05) is 12.1 Å². The van der Waals surface area contributed by atoms with Crippen LogP contribution >= 0.6 is 0 Å². The molecule has 0 bridgehead atoms. The van der Waals surface area contributed by atoms with Crippen LogP contribution in [0.2, 0.25) is 0 Å². The Morgan fingerprint density at radius 2 is 2.00 bits per heavy atom. The summed E-state index contributed by atoms with van der Waals surface area (Å²) in [7, 11) is 0. The molecular formula is C13H18O. The van der Waals surface area contributed by atoms with Crippen LogP contribution in [0, 0.1) is 12.8 Å². The smallest absolute Gasteiger partial charge is 0.0647 e. The SMILES string of the molecule is Cc1ccccc1/C=C(\CO)C(C)C. The molecule has 1 aromatic rings. The third-order valence-corrected chi connectivity index (χ3v) is 2.45. The summed E-state index contributed by atoms with van der Waals surface area (Å²) in [6, 6.07) is 8.21. The quantitative estimate of drug-likeness (QED) is 0.776. The monoisotopic (exact) mass is 190 g/mol. The van der Waals surface area contributed by atoms with Crippen molar-refractivity contribution >= 4 is 6.08 Å². The van der Waals surface area contributed by atoms with Gasteiger partial charge in [-0.15, -0.1) is 0 Å². The number of rotatable bonds is 3. The first-order valence-corrected chi connectivity index (χ1v) is 5.02. The average molecular weight is 190 g/mol. The summed E-state index contributed by atoms with van der Waals surface area (Å²) in [6.45, 7) is 6.42. The lowest BCUT2D eigenvalue weighted by atomic mass is 9.99. The lowest BCUT2D eigenvalue weighted by molar-refractivity contribution is 0.320. The van der Waals surface area contributed by atoms with Crippen molar-refractivity contribution in [3.63, 3.8) is 0 Å². The fourth-order valence-electron chi connectivity index (χ4n) is 1.34. The van der Waals surface area contributed by atoms with Crippen molar-refractivity contribution in [2.24, 2.45) is 5.92 Å². The zero-order valence-electron chi connectivity index (χ0n) is 9.12. The van der Waals surface area contributed by atoms with Crippen molar-refractivity contribution in [1.82, 2.24) is 0 Å². The lowest BCUT2D eigenvalue weighted by Crippen LogP contribution is -1.99. The molecule has 1 N–H and O–H groups in total. The second-order valence-electron chi connectivity index (χ2n) is 3.89. The number of aliphatic hydroxyl groups is 1. The van der Waals surface area contributed by atoms with Gasteiger partial charge in [-0.3, -0.25) is 0 Å². The van der Waals surface area contributed by atoms with E-state index in [4.69, 9.17) is 0 Å². The van der Waals surface area contributed by atoms with E-state index in [2.05, 4.69) is 39.0 Å². The molecule has 1 nitrogen and oxygen atoms in total. The molecular weight excluding hydrogens is 172 g/mol. The second kappa shape index (κ2) is 4.97. The molecule has 0 fully saturated rings. The Morgan fingerprint density at radius 3 is 2.50 bits per heavy atom. The standard InChI is InChI=1S/C13H18O/c1-10(2)13(9-14)8-12-7-5-4-6-11(12)3/h4-8,10,14H,9H2,1-3H3/b13-8+. The topological polar surface area (TPSA) is 20.2 Å². The number of benzene rings is 1. The Hall–Kier alpha value is -1.08. The van der Waals surface area contributed by atoms with Crippen molar-refractivity contribution in [1.29, 1.82) is 0 Å². The van der Waals surface area contributed by atoms with E-state index >= 15 is 0 Å². The maximum absolute atomic E-state index is 9.18. The summed E-state index contributed by atoms with van der Waals surface area (Å²) in [5, 5.41) is 9.18. The number of hydrogen-bond acceptors (Lipinski definition) is 1. The van der Waals surface area contributed by atoms with Gasteiger partial charge in [0.1, 0.15) is 0 Å². The molecule has 0 atom stereocenters. The molecule has 76 valence electrons. The van der Waals surface area contributed by atoms with E-state index in [1.165, 1.54) is 11.1 Å². The van der Waals surface area contributed by atoms with Gasteiger partial charge in [-0.1, -0.05) is 44.2 Å². The highest BCUT2D eigenvalue weighted by Crippen LogP contribution is 2.16. The maximum Gasteiger partial charge on any atom is 0.0647 e. The predicted molar refractivity (Wildman–Crippen MR) is 61.1 cm³/mol. The van der Waals surface area contributed by atoms with Crippen LogP contribution in [0.3, 0.4) is 0 Å².